The van der Waals surface area contributed by atoms with Crippen LogP contribution >= 0.6 is 11.6 Å². The van der Waals surface area contributed by atoms with Gasteiger partial charge in [-0.1, -0.05) is 36.6 Å². The van der Waals surface area contributed by atoms with Gasteiger partial charge in [-0.3, -0.25) is 0 Å². The lowest BCUT2D eigenvalue weighted by molar-refractivity contribution is 0.0697. The molecule has 1 saturated carbocycles. The fourth-order valence-electron chi connectivity index (χ4n) is 3.60. The van der Waals surface area contributed by atoms with Crippen LogP contribution in [0.2, 0.25) is 5.02 Å². The van der Waals surface area contributed by atoms with Crippen molar-refractivity contribution in [1.82, 2.24) is 9.55 Å². The second-order valence-corrected chi connectivity index (χ2v) is 6.70. The summed E-state index contributed by atoms with van der Waals surface area (Å²) in [6.45, 7) is 0. The molecule has 0 atom stereocenters. The Kier molecular flexibility index (Phi) is 3.77. The third-order valence-corrected chi connectivity index (χ3v) is 4.94. The quantitative estimate of drug-likeness (QED) is 0.715. The molecule has 0 spiro atoms. The van der Waals surface area contributed by atoms with Gasteiger partial charge < -0.3 is 9.67 Å². The van der Waals surface area contributed by atoms with E-state index < -0.39 is 5.97 Å². The van der Waals surface area contributed by atoms with Crippen molar-refractivity contribution in [2.75, 3.05) is 0 Å². The van der Waals surface area contributed by atoms with Crippen molar-refractivity contribution in [3.8, 4) is 11.4 Å². The maximum atomic E-state index is 11.3. The van der Waals surface area contributed by atoms with E-state index in [1.165, 1.54) is 12.8 Å². The van der Waals surface area contributed by atoms with E-state index in [1.54, 1.807) is 12.1 Å². The van der Waals surface area contributed by atoms with E-state index in [-0.39, 0.29) is 5.56 Å². The number of hydrogen-bond acceptors (Lipinski definition) is 2. The van der Waals surface area contributed by atoms with Crippen molar-refractivity contribution in [1.29, 1.82) is 0 Å². The molecule has 0 radical (unpaired) electrons. The summed E-state index contributed by atoms with van der Waals surface area (Å²) in [6, 6.07) is 13.2. The summed E-state index contributed by atoms with van der Waals surface area (Å²) in [4.78, 5) is 16.0. The first-order chi connectivity index (χ1) is 11.6. The number of aromatic nitrogens is 2. The molecule has 1 heterocycles. The Bertz CT molecular complexity index is 926. The number of carboxylic acid groups (broad SMARTS) is 1. The number of rotatable bonds is 3. The van der Waals surface area contributed by atoms with Crippen LogP contribution in [-0.4, -0.2) is 20.6 Å². The Labute approximate surface area is 144 Å². The van der Waals surface area contributed by atoms with Gasteiger partial charge in [0.2, 0.25) is 0 Å². The normalized spacial score (nSPS) is 15.2. The molecule has 2 aromatic carbocycles. The number of carboxylic acids is 1. The molecule has 0 amide bonds. The van der Waals surface area contributed by atoms with Crippen LogP contribution in [0.15, 0.2) is 42.5 Å². The maximum absolute atomic E-state index is 11.3. The van der Waals surface area contributed by atoms with Gasteiger partial charge in [0.15, 0.2) is 0 Å². The highest BCUT2D eigenvalue weighted by atomic mass is 35.5. The number of hydrogen-bond donors (Lipinski definition) is 1. The second kappa shape index (κ2) is 5.95. The summed E-state index contributed by atoms with van der Waals surface area (Å²) >= 11 is 6.16. The van der Waals surface area contributed by atoms with Crippen LogP contribution < -0.4 is 0 Å². The molecule has 1 fully saturated rings. The van der Waals surface area contributed by atoms with Crippen LogP contribution in [-0.2, 0) is 0 Å². The number of imidazole rings is 1. The average Bonchev–Trinajstić information content (AvgIpc) is 3.21. The van der Waals surface area contributed by atoms with Gasteiger partial charge in [-0.25, -0.2) is 9.78 Å². The molecule has 3 aromatic rings. The van der Waals surface area contributed by atoms with Gasteiger partial charge in [0.1, 0.15) is 5.82 Å². The fraction of sp³-hybridized carbons (Fsp3) is 0.263. The lowest BCUT2D eigenvalue weighted by Gasteiger charge is -2.16. The molecule has 0 bridgehead atoms. The van der Waals surface area contributed by atoms with Crippen LogP contribution in [0.3, 0.4) is 0 Å². The molecular weight excluding hydrogens is 324 g/mol. The molecule has 0 unspecified atom stereocenters. The third kappa shape index (κ3) is 2.57. The van der Waals surface area contributed by atoms with E-state index >= 15 is 0 Å². The first-order valence-electron chi connectivity index (χ1n) is 8.15. The van der Waals surface area contributed by atoms with Gasteiger partial charge in [-0.2, -0.15) is 0 Å². The van der Waals surface area contributed by atoms with Crippen molar-refractivity contribution in [3.05, 3.63) is 53.1 Å². The van der Waals surface area contributed by atoms with Gasteiger partial charge in [-0.15, -0.1) is 0 Å². The smallest absolute Gasteiger partial charge is 0.335 e. The standard InChI is InChI=1S/C19H17ClN2O2/c20-14-5-3-4-12(10-14)18-21-16-11-13(19(23)24)8-9-17(16)22(18)15-6-1-2-7-15/h3-5,8-11,15H,1-2,6-7H2,(H,23,24). The van der Waals surface area contributed by atoms with Crippen LogP contribution in [0, 0.1) is 0 Å². The first kappa shape index (κ1) is 15.2. The summed E-state index contributed by atoms with van der Waals surface area (Å²) in [5.74, 6) is -0.0708. The highest BCUT2D eigenvalue weighted by Crippen LogP contribution is 2.37. The van der Waals surface area contributed by atoms with Gasteiger partial charge in [0.25, 0.3) is 0 Å². The van der Waals surface area contributed by atoms with Crippen LogP contribution in [0.25, 0.3) is 22.4 Å². The number of halogens is 1. The number of nitrogens with zero attached hydrogens (tertiary/aromatic N) is 2. The van der Waals surface area contributed by atoms with Crippen LogP contribution in [0.4, 0.5) is 0 Å². The molecule has 1 aliphatic rings. The summed E-state index contributed by atoms with van der Waals surface area (Å²) in [5.41, 5.74) is 2.93. The Morgan fingerprint density at radius 1 is 1.17 bits per heavy atom. The molecule has 122 valence electrons. The first-order valence-corrected chi connectivity index (χ1v) is 8.52. The lowest BCUT2D eigenvalue weighted by Crippen LogP contribution is -2.06. The molecule has 5 heteroatoms. The van der Waals surface area contributed by atoms with Crippen LogP contribution in [0.5, 0.6) is 0 Å². The Balaban J connectivity index is 1.96. The Morgan fingerprint density at radius 3 is 2.67 bits per heavy atom. The van der Waals surface area contributed by atoms with Crippen molar-refractivity contribution >= 4 is 28.6 Å². The van der Waals surface area contributed by atoms with Gasteiger partial charge >= 0.3 is 5.97 Å². The van der Waals surface area contributed by atoms with Crippen molar-refractivity contribution < 1.29 is 9.90 Å². The van der Waals surface area contributed by atoms with E-state index in [0.717, 1.165) is 35.3 Å². The molecule has 4 nitrogen and oxygen atoms in total. The molecule has 1 aromatic heterocycles. The average molecular weight is 341 g/mol. The minimum Gasteiger partial charge on any atom is -0.478 e. The molecule has 4 rings (SSSR count). The minimum absolute atomic E-state index is 0.260. The minimum atomic E-state index is -0.934. The largest absolute Gasteiger partial charge is 0.478 e. The van der Waals surface area contributed by atoms with Gasteiger partial charge in [0.05, 0.1) is 16.6 Å². The fourth-order valence-corrected chi connectivity index (χ4v) is 3.79. The van der Waals surface area contributed by atoms with E-state index in [2.05, 4.69) is 4.57 Å². The van der Waals surface area contributed by atoms with Crippen molar-refractivity contribution in [3.63, 3.8) is 0 Å². The zero-order valence-corrected chi connectivity index (χ0v) is 13.8. The highest BCUT2D eigenvalue weighted by Gasteiger charge is 2.24. The molecule has 0 saturated heterocycles. The summed E-state index contributed by atoms with van der Waals surface area (Å²) in [7, 11) is 0. The van der Waals surface area contributed by atoms with Gasteiger partial charge in [0, 0.05) is 16.6 Å². The second-order valence-electron chi connectivity index (χ2n) is 6.26. The Hall–Kier alpha value is -2.33. The third-order valence-electron chi connectivity index (χ3n) is 4.71. The Morgan fingerprint density at radius 2 is 1.96 bits per heavy atom. The van der Waals surface area contributed by atoms with Gasteiger partial charge in [-0.05, 0) is 43.2 Å². The van der Waals surface area contributed by atoms with E-state index in [0.29, 0.717) is 11.1 Å². The summed E-state index contributed by atoms with van der Waals surface area (Å²) in [5, 5.41) is 9.90. The monoisotopic (exact) mass is 340 g/mol. The van der Waals surface area contributed by atoms with E-state index in [9.17, 15) is 9.90 Å². The molecule has 1 N–H and O–H groups in total. The lowest BCUT2D eigenvalue weighted by atomic mass is 10.1. The zero-order valence-electron chi connectivity index (χ0n) is 13.1. The molecule has 1 aliphatic carbocycles. The number of fused-ring (bicyclic) bond motifs is 1. The topological polar surface area (TPSA) is 55.1 Å². The molecule has 24 heavy (non-hydrogen) atoms. The molecule has 0 aliphatic heterocycles. The summed E-state index contributed by atoms with van der Waals surface area (Å²) < 4.78 is 2.26. The maximum Gasteiger partial charge on any atom is 0.335 e. The number of carbonyl (C=O) groups is 1. The summed E-state index contributed by atoms with van der Waals surface area (Å²) in [6.07, 6.45) is 4.68. The highest BCUT2D eigenvalue weighted by molar-refractivity contribution is 6.30. The predicted molar refractivity (Wildman–Crippen MR) is 94.6 cm³/mol. The zero-order chi connectivity index (χ0) is 16.7. The SMILES string of the molecule is O=C(O)c1ccc2c(c1)nc(-c1cccc(Cl)c1)n2C1CCCC1. The number of aromatic carboxylic acids is 1. The van der Waals surface area contributed by atoms with E-state index in [1.807, 2.05) is 30.3 Å². The molecular formula is C19H17ClN2O2. The van der Waals surface area contributed by atoms with Crippen molar-refractivity contribution in [2.45, 2.75) is 31.7 Å². The van der Waals surface area contributed by atoms with E-state index in [4.69, 9.17) is 16.6 Å². The van der Waals surface area contributed by atoms with Crippen molar-refractivity contribution in [2.24, 2.45) is 0 Å². The predicted octanol–water partition coefficient (Wildman–Crippen LogP) is 5.17. The van der Waals surface area contributed by atoms with Crippen LogP contribution in [0.1, 0.15) is 42.1 Å². The number of benzene rings is 2.